The first kappa shape index (κ1) is 10.2. The van der Waals surface area contributed by atoms with Crippen LogP contribution < -0.4 is 0 Å². The fourth-order valence-electron chi connectivity index (χ4n) is 0. The van der Waals surface area contributed by atoms with Crippen molar-refractivity contribution in [3.63, 3.8) is 0 Å². The van der Waals surface area contributed by atoms with E-state index < -0.39 is 5.97 Å². The second kappa shape index (κ2) is 4.37. The molecule has 0 aromatic heterocycles. The first-order valence-electron chi connectivity index (χ1n) is 1.87. The van der Waals surface area contributed by atoms with Gasteiger partial charge in [0.15, 0.2) is 0 Å². The van der Waals surface area contributed by atoms with Crippen molar-refractivity contribution in [2.45, 2.75) is 13.8 Å². The molecular formula is C4H8AuO2. The molecular weight excluding hydrogens is 277 g/mol. The molecule has 0 amide bonds. The van der Waals surface area contributed by atoms with Crippen molar-refractivity contribution in [2.75, 3.05) is 0 Å². The molecule has 0 fully saturated rings. The Morgan fingerprint density at radius 3 is 1.71 bits per heavy atom. The summed E-state index contributed by atoms with van der Waals surface area (Å²) < 4.78 is 0. The summed E-state index contributed by atoms with van der Waals surface area (Å²) in [6.07, 6.45) is 0. The summed E-state index contributed by atoms with van der Waals surface area (Å²) >= 11 is 0. The normalized spacial score (nSPS) is 7.86. The number of carboxylic acids is 1. The molecule has 0 heterocycles. The third kappa shape index (κ3) is 6.21. The standard InChI is InChI=1S/C4H8O2.Au/c1-3(2)4(5)6;/h3H,1-2H3,(H,5,6);. The van der Waals surface area contributed by atoms with E-state index in [1.54, 1.807) is 13.8 Å². The van der Waals surface area contributed by atoms with Crippen LogP contribution in [0.4, 0.5) is 0 Å². The first-order chi connectivity index (χ1) is 2.64. The van der Waals surface area contributed by atoms with Gasteiger partial charge in [-0.2, -0.15) is 0 Å². The zero-order chi connectivity index (χ0) is 5.15. The Kier molecular flexibility index (Phi) is 6.40. The maximum atomic E-state index is 9.70. The zero-order valence-electron chi connectivity index (χ0n) is 4.23. The van der Waals surface area contributed by atoms with E-state index in [4.69, 9.17) is 5.11 Å². The molecule has 0 unspecified atom stereocenters. The Balaban J connectivity index is 0. The Morgan fingerprint density at radius 2 is 1.71 bits per heavy atom. The Bertz CT molecular complexity index is 60.7. The van der Waals surface area contributed by atoms with E-state index in [1.165, 1.54) is 0 Å². The van der Waals surface area contributed by atoms with E-state index in [0.717, 1.165) is 0 Å². The van der Waals surface area contributed by atoms with Gasteiger partial charge >= 0.3 is 5.97 Å². The van der Waals surface area contributed by atoms with Gasteiger partial charge in [0, 0.05) is 22.4 Å². The molecule has 0 aromatic carbocycles. The Labute approximate surface area is 58.4 Å². The molecule has 0 atom stereocenters. The second-order valence-corrected chi connectivity index (χ2v) is 1.49. The molecule has 0 rings (SSSR count). The SMILES string of the molecule is CC(C)C(=O)O.[Au]. The fraction of sp³-hybridized carbons (Fsp3) is 0.750. The van der Waals surface area contributed by atoms with Crippen molar-refractivity contribution < 1.29 is 32.3 Å². The van der Waals surface area contributed by atoms with Gasteiger partial charge in [-0.05, 0) is 0 Å². The van der Waals surface area contributed by atoms with Crippen molar-refractivity contribution in [3.05, 3.63) is 0 Å². The molecule has 0 saturated carbocycles. The summed E-state index contributed by atoms with van der Waals surface area (Å²) in [7, 11) is 0. The Hall–Kier alpha value is 0.210. The van der Waals surface area contributed by atoms with Gasteiger partial charge < -0.3 is 5.11 Å². The number of hydrogen-bond donors (Lipinski definition) is 1. The van der Waals surface area contributed by atoms with Gasteiger partial charge in [-0.1, -0.05) is 13.8 Å². The van der Waals surface area contributed by atoms with E-state index in [9.17, 15) is 4.79 Å². The molecule has 1 N–H and O–H groups in total. The number of hydrogen-bond acceptors (Lipinski definition) is 1. The molecule has 0 aliphatic heterocycles. The molecule has 3 heteroatoms. The minimum absolute atomic E-state index is 0. The summed E-state index contributed by atoms with van der Waals surface area (Å²) in [5, 5.41) is 7.99. The molecule has 0 spiro atoms. The monoisotopic (exact) mass is 285 g/mol. The summed E-state index contributed by atoms with van der Waals surface area (Å²) in [5.74, 6) is -0.972. The average molecular weight is 285 g/mol. The smallest absolute Gasteiger partial charge is 0.305 e. The third-order valence-electron chi connectivity index (χ3n) is 0.494. The number of aliphatic carboxylic acids is 1. The molecule has 0 saturated heterocycles. The van der Waals surface area contributed by atoms with Crippen LogP contribution in [0.3, 0.4) is 0 Å². The molecule has 0 aliphatic carbocycles. The molecule has 2 nitrogen and oxygen atoms in total. The van der Waals surface area contributed by atoms with Crippen molar-refractivity contribution in [2.24, 2.45) is 5.92 Å². The average Bonchev–Trinajstić information content (AvgIpc) is 1.36. The molecule has 1 radical (unpaired) electrons. The van der Waals surface area contributed by atoms with Crippen LogP contribution in [0.1, 0.15) is 13.8 Å². The summed E-state index contributed by atoms with van der Waals surface area (Å²) in [6, 6.07) is 0. The van der Waals surface area contributed by atoms with Crippen molar-refractivity contribution >= 4 is 5.97 Å². The van der Waals surface area contributed by atoms with Crippen LogP contribution in [0.25, 0.3) is 0 Å². The summed E-state index contributed by atoms with van der Waals surface area (Å²) in [6.45, 7) is 3.28. The van der Waals surface area contributed by atoms with Crippen LogP contribution in [0.5, 0.6) is 0 Å². The van der Waals surface area contributed by atoms with Crippen LogP contribution in [0.15, 0.2) is 0 Å². The van der Waals surface area contributed by atoms with Gasteiger partial charge in [0.25, 0.3) is 0 Å². The second-order valence-electron chi connectivity index (χ2n) is 1.49. The van der Waals surface area contributed by atoms with Crippen LogP contribution in [0.2, 0.25) is 0 Å². The van der Waals surface area contributed by atoms with E-state index in [-0.39, 0.29) is 28.3 Å². The van der Waals surface area contributed by atoms with Crippen molar-refractivity contribution in [1.29, 1.82) is 0 Å². The van der Waals surface area contributed by atoms with Gasteiger partial charge in [-0.15, -0.1) is 0 Å². The van der Waals surface area contributed by atoms with Crippen LogP contribution in [-0.4, -0.2) is 11.1 Å². The molecule has 0 aromatic rings. The van der Waals surface area contributed by atoms with Crippen LogP contribution >= 0.6 is 0 Å². The predicted molar refractivity (Wildman–Crippen MR) is 22.5 cm³/mol. The van der Waals surface area contributed by atoms with Crippen LogP contribution in [0, 0.1) is 5.92 Å². The quantitative estimate of drug-likeness (QED) is 0.721. The number of carbonyl (C=O) groups is 1. The maximum absolute atomic E-state index is 9.70. The molecule has 7 heavy (non-hydrogen) atoms. The van der Waals surface area contributed by atoms with Crippen molar-refractivity contribution in [3.8, 4) is 0 Å². The minimum Gasteiger partial charge on any atom is -0.481 e. The van der Waals surface area contributed by atoms with Gasteiger partial charge in [0.05, 0.1) is 5.92 Å². The Morgan fingerprint density at radius 1 is 1.57 bits per heavy atom. The van der Waals surface area contributed by atoms with E-state index >= 15 is 0 Å². The largest absolute Gasteiger partial charge is 0.481 e. The minimum atomic E-state index is -0.741. The zero-order valence-corrected chi connectivity index (χ0v) is 6.40. The summed E-state index contributed by atoms with van der Waals surface area (Å²) in [5.41, 5.74) is 0. The number of rotatable bonds is 1. The van der Waals surface area contributed by atoms with Crippen LogP contribution in [-0.2, 0) is 27.2 Å². The number of carboxylic acid groups (broad SMARTS) is 1. The summed E-state index contributed by atoms with van der Waals surface area (Å²) in [4.78, 5) is 9.70. The van der Waals surface area contributed by atoms with Crippen molar-refractivity contribution in [1.82, 2.24) is 0 Å². The van der Waals surface area contributed by atoms with E-state index in [0.29, 0.717) is 0 Å². The van der Waals surface area contributed by atoms with Gasteiger partial charge in [0.1, 0.15) is 0 Å². The maximum Gasteiger partial charge on any atom is 0.305 e. The fourth-order valence-corrected chi connectivity index (χ4v) is 0. The molecule has 47 valence electrons. The van der Waals surface area contributed by atoms with E-state index in [1.807, 2.05) is 0 Å². The molecule has 0 bridgehead atoms. The van der Waals surface area contributed by atoms with Gasteiger partial charge in [0.2, 0.25) is 0 Å². The first-order valence-corrected chi connectivity index (χ1v) is 1.87. The van der Waals surface area contributed by atoms with Gasteiger partial charge in [-0.25, -0.2) is 0 Å². The topological polar surface area (TPSA) is 37.3 Å². The third-order valence-corrected chi connectivity index (χ3v) is 0.494. The van der Waals surface area contributed by atoms with Gasteiger partial charge in [-0.3, -0.25) is 4.79 Å². The van der Waals surface area contributed by atoms with E-state index in [2.05, 4.69) is 0 Å². The molecule has 0 aliphatic rings. The predicted octanol–water partition coefficient (Wildman–Crippen LogP) is 0.724.